The van der Waals surface area contributed by atoms with Crippen LogP contribution in [0.5, 0.6) is 0 Å². The maximum absolute atomic E-state index is 11.2. The van der Waals surface area contributed by atoms with E-state index in [1.165, 1.54) is 0 Å². The fourth-order valence-electron chi connectivity index (χ4n) is 5.16. The third-order valence-corrected chi connectivity index (χ3v) is 7.14. The van der Waals surface area contributed by atoms with Crippen LogP contribution in [-0.4, -0.2) is 55.5 Å². The van der Waals surface area contributed by atoms with Crippen molar-refractivity contribution in [3.63, 3.8) is 0 Å². The van der Waals surface area contributed by atoms with Crippen LogP contribution < -0.4 is 4.90 Å². The molecule has 160 valence electrons. The summed E-state index contributed by atoms with van der Waals surface area (Å²) in [6.45, 7) is 2.12. The van der Waals surface area contributed by atoms with Gasteiger partial charge in [-0.2, -0.15) is 15.5 Å². The van der Waals surface area contributed by atoms with Gasteiger partial charge >= 0.3 is 0 Å². The predicted molar refractivity (Wildman–Crippen MR) is 112 cm³/mol. The Morgan fingerprint density at radius 1 is 1.16 bits per heavy atom. The van der Waals surface area contributed by atoms with Crippen molar-refractivity contribution in [1.29, 1.82) is 5.26 Å². The van der Waals surface area contributed by atoms with Crippen LogP contribution in [0.25, 0.3) is 16.8 Å². The first-order chi connectivity index (χ1) is 15.2. The smallest absolute Gasteiger partial charge is 0.157 e. The molecular formula is C22H25N7O2. The first-order valence-electron chi connectivity index (χ1n) is 11.0. The molecule has 1 unspecified atom stereocenters. The fraction of sp³-hybridized carbons (Fsp3) is 0.545. The van der Waals surface area contributed by atoms with E-state index in [1.54, 1.807) is 10.7 Å². The van der Waals surface area contributed by atoms with E-state index < -0.39 is 11.6 Å². The van der Waals surface area contributed by atoms with Crippen molar-refractivity contribution in [3.8, 4) is 17.3 Å². The van der Waals surface area contributed by atoms with Gasteiger partial charge in [0.15, 0.2) is 5.82 Å². The summed E-state index contributed by atoms with van der Waals surface area (Å²) in [4.78, 5) is 6.81. The number of hydrogen-bond acceptors (Lipinski definition) is 7. The molecule has 0 amide bonds. The van der Waals surface area contributed by atoms with E-state index in [9.17, 15) is 10.4 Å². The summed E-state index contributed by atoms with van der Waals surface area (Å²) in [5.74, 6) is 0.943. The molecular weight excluding hydrogens is 394 g/mol. The largest absolute Gasteiger partial charge is 0.381 e. The molecule has 1 aliphatic carbocycles. The second-order valence-electron chi connectivity index (χ2n) is 8.91. The van der Waals surface area contributed by atoms with Crippen molar-refractivity contribution in [3.05, 3.63) is 30.9 Å². The molecule has 31 heavy (non-hydrogen) atoms. The number of hydrogen-bond donors (Lipinski definition) is 1. The molecule has 1 N–H and O–H groups in total. The van der Waals surface area contributed by atoms with Gasteiger partial charge in [0.1, 0.15) is 17.2 Å². The molecule has 2 aliphatic heterocycles. The van der Waals surface area contributed by atoms with E-state index in [-0.39, 0.29) is 5.92 Å². The molecule has 9 heteroatoms. The summed E-state index contributed by atoms with van der Waals surface area (Å²) in [5.41, 5.74) is 1.78. The average Bonchev–Trinajstić information content (AvgIpc) is 3.23. The van der Waals surface area contributed by atoms with E-state index in [0.29, 0.717) is 24.8 Å². The molecule has 0 spiro atoms. The molecule has 6 rings (SSSR count). The SMILES string of the molecule is N#C[C@@]1(C2CC2)CCN(c2nc(-c3cnn(C4CCOCC4)c3)cn3nccc23)C1O. The van der Waals surface area contributed by atoms with Gasteiger partial charge in [-0.1, -0.05) is 0 Å². The minimum absolute atomic E-state index is 0.277. The Bertz CT molecular complexity index is 1150. The van der Waals surface area contributed by atoms with Crippen LogP contribution in [0.2, 0.25) is 0 Å². The Balaban J connectivity index is 1.38. The molecule has 1 saturated carbocycles. The Labute approximate surface area is 179 Å². The zero-order chi connectivity index (χ0) is 21.0. The van der Waals surface area contributed by atoms with Crippen LogP contribution in [0.3, 0.4) is 0 Å². The maximum Gasteiger partial charge on any atom is 0.157 e. The molecule has 0 bridgehead atoms. The number of nitrogens with zero attached hydrogens (tertiary/aromatic N) is 7. The predicted octanol–water partition coefficient (Wildman–Crippen LogP) is 2.39. The van der Waals surface area contributed by atoms with E-state index in [4.69, 9.17) is 9.72 Å². The van der Waals surface area contributed by atoms with Gasteiger partial charge < -0.3 is 14.7 Å². The molecule has 3 aromatic rings. The Kier molecular flexibility index (Phi) is 4.26. The van der Waals surface area contributed by atoms with Crippen molar-refractivity contribution in [2.24, 2.45) is 11.3 Å². The minimum atomic E-state index is -0.864. The second-order valence-corrected chi connectivity index (χ2v) is 8.91. The lowest BCUT2D eigenvalue weighted by atomic mass is 9.82. The first-order valence-corrected chi connectivity index (χ1v) is 11.0. The highest BCUT2D eigenvalue weighted by atomic mass is 16.5. The third kappa shape index (κ3) is 2.93. The third-order valence-electron chi connectivity index (χ3n) is 7.14. The summed E-state index contributed by atoms with van der Waals surface area (Å²) >= 11 is 0. The Morgan fingerprint density at radius 2 is 2.00 bits per heavy atom. The minimum Gasteiger partial charge on any atom is -0.381 e. The molecule has 3 aromatic heterocycles. The van der Waals surface area contributed by atoms with E-state index in [2.05, 4.69) is 16.3 Å². The van der Waals surface area contributed by atoms with Crippen LogP contribution in [0.1, 0.15) is 38.1 Å². The quantitative estimate of drug-likeness (QED) is 0.692. The van der Waals surface area contributed by atoms with E-state index >= 15 is 0 Å². The van der Waals surface area contributed by atoms with Crippen molar-refractivity contribution < 1.29 is 9.84 Å². The number of nitriles is 1. The summed E-state index contributed by atoms with van der Waals surface area (Å²) < 4.78 is 9.26. The van der Waals surface area contributed by atoms with Crippen LogP contribution in [0.15, 0.2) is 30.9 Å². The number of aromatic nitrogens is 5. The summed E-state index contributed by atoms with van der Waals surface area (Å²) in [6, 6.07) is 4.69. The van der Waals surface area contributed by atoms with Gasteiger partial charge in [0, 0.05) is 31.5 Å². The van der Waals surface area contributed by atoms with Gasteiger partial charge in [0.05, 0.1) is 36.4 Å². The van der Waals surface area contributed by atoms with Crippen LogP contribution in [0, 0.1) is 22.7 Å². The highest BCUT2D eigenvalue weighted by molar-refractivity contribution is 5.73. The summed E-state index contributed by atoms with van der Waals surface area (Å²) in [7, 11) is 0. The molecule has 2 atom stereocenters. The lowest BCUT2D eigenvalue weighted by Gasteiger charge is -2.29. The molecule has 0 radical (unpaired) electrons. The summed E-state index contributed by atoms with van der Waals surface area (Å²) in [6.07, 6.45) is 11.2. The van der Waals surface area contributed by atoms with Gasteiger partial charge in [-0.3, -0.25) is 4.68 Å². The van der Waals surface area contributed by atoms with Crippen LogP contribution >= 0.6 is 0 Å². The highest BCUT2D eigenvalue weighted by Gasteiger charge is 2.56. The Hall–Kier alpha value is -2.96. The molecule has 3 aliphatic rings. The summed E-state index contributed by atoms with van der Waals surface area (Å²) in [5, 5.41) is 30.1. The van der Waals surface area contributed by atoms with E-state index in [1.807, 2.05) is 34.2 Å². The zero-order valence-corrected chi connectivity index (χ0v) is 17.3. The van der Waals surface area contributed by atoms with Gasteiger partial charge in [-0.25, -0.2) is 9.50 Å². The van der Waals surface area contributed by atoms with Crippen LogP contribution in [0.4, 0.5) is 5.82 Å². The van der Waals surface area contributed by atoms with Crippen molar-refractivity contribution in [2.75, 3.05) is 24.7 Å². The van der Waals surface area contributed by atoms with Gasteiger partial charge in [0.2, 0.25) is 0 Å². The van der Waals surface area contributed by atoms with Crippen molar-refractivity contribution in [2.45, 2.75) is 44.4 Å². The number of fused-ring (bicyclic) bond motifs is 1. The molecule has 0 aromatic carbocycles. The second kappa shape index (κ2) is 7.04. The highest BCUT2D eigenvalue weighted by Crippen LogP contribution is 2.54. The number of aliphatic hydroxyl groups excluding tert-OH is 1. The number of aliphatic hydroxyl groups is 1. The molecule has 9 nitrogen and oxygen atoms in total. The lowest BCUT2D eigenvalue weighted by Crippen LogP contribution is -2.40. The Morgan fingerprint density at radius 3 is 2.77 bits per heavy atom. The number of rotatable bonds is 4. The number of anilines is 1. The topological polar surface area (TPSA) is 104 Å². The van der Waals surface area contributed by atoms with Crippen molar-refractivity contribution in [1.82, 2.24) is 24.4 Å². The molecule has 3 fully saturated rings. The number of ether oxygens (including phenoxy) is 1. The molecule has 2 saturated heterocycles. The first kappa shape index (κ1) is 18.8. The maximum atomic E-state index is 11.2. The fourth-order valence-corrected chi connectivity index (χ4v) is 5.16. The monoisotopic (exact) mass is 419 g/mol. The van der Waals surface area contributed by atoms with Crippen LogP contribution in [-0.2, 0) is 4.74 Å². The van der Waals surface area contributed by atoms with E-state index in [0.717, 1.165) is 55.7 Å². The normalized spacial score (nSPS) is 27.1. The molecule has 5 heterocycles. The standard InChI is InChI=1S/C22H25N7O2/c23-14-22(16-1-2-16)6-8-27(21(22)30)20-19-3-7-24-29(19)13-18(26-20)15-11-25-28(12-15)17-4-9-31-10-5-17/h3,7,11-13,16-17,21,30H,1-2,4-6,8-10H2/t21?,22-/m1/s1. The van der Waals surface area contributed by atoms with Gasteiger partial charge in [-0.05, 0) is 44.1 Å². The zero-order valence-electron chi connectivity index (χ0n) is 17.3. The van der Waals surface area contributed by atoms with Gasteiger partial charge in [0.25, 0.3) is 0 Å². The van der Waals surface area contributed by atoms with Crippen molar-refractivity contribution >= 4 is 11.3 Å². The average molecular weight is 419 g/mol. The van der Waals surface area contributed by atoms with Gasteiger partial charge in [-0.15, -0.1) is 0 Å². The lowest BCUT2D eigenvalue weighted by molar-refractivity contribution is 0.0662.